The van der Waals surface area contributed by atoms with Crippen LogP contribution in [0.1, 0.15) is 17.5 Å². The van der Waals surface area contributed by atoms with E-state index in [0.717, 1.165) is 28.4 Å². The number of carbonyl (C=O) groups excluding carboxylic acids is 1. The third kappa shape index (κ3) is 2.96. The zero-order chi connectivity index (χ0) is 19.9. The van der Waals surface area contributed by atoms with Crippen molar-refractivity contribution in [1.82, 2.24) is 9.29 Å². The summed E-state index contributed by atoms with van der Waals surface area (Å²) in [5.41, 5.74) is 2.82. The first kappa shape index (κ1) is 18.3. The molecule has 2 N–H and O–H groups in total. The number of amides is 1. The number of aromatic nitrogens is 1. The molecule has 144 valence electrons. The van der Waals surface area contributed by atoms with Crippen LogP contribution in [0.5, 0.6) is 0 Å². The highest BCUT2D eigenvalue weighted by Gasteiger charge is 2.20. The highest BCUT2D eigenvalue weighted by molar-refractivity contribution is 7.89. The lowest BCUT2D eigenvalue weighted by Crippen LogP contribution is -2.18. The Labute approximate surface area is 162 Å². The van der Waals surface area contributed by atoms with Gasteiger partial charge in [-0.05, 0) is 50.4 Å². The number of nitrogens with zero attached hydrogens (tertiary/aromatic N) is 1. The highest BCUT2D eigenvalue weighted by atomic mass is 32.2. The standard InChI is InChI=1S/C20H19N3O4S/c1-3-23-16-7-5-4-6-14(16)15-12-13(8-9-17(15)23)22-20(24)18-10-11-19(27-18)28(25,26)21-2/h4-12,21H,3H2,1-2H3,(H,22,24). The molecule has 28 heavy (non-hydrogen) atoms. The first-order valence-corrected chi connectivity index (χ1v) is 10.3. The molecule has 0 saturated carbocycles. The van der Waals surface area contributed by atoms with Crippen LogP contribution < -0.4 is 10.0 Å². The Morgan fingerprint density at radius 1 is 1.04 bits per heavy atom. The molecule has 0 atom stereocenters. The maximum atomic E-state index is 12.5. The van der Waals surface area contributed by atoms with Gasteiger partial charge in [-0.25, -0.2) is 13.1 Å². The predicted molar refractivity (Wildman–Crippen MR) is 108 cm³/mol. The fourth-order valence-corrected chi connectivity index (χ4v) is 4.00. The van der Waals surface area contributed by atoms with Gasteiger partial charge in [-0.3, -0.25) is 4.79 Å². The topological polar surface area (TPSA) is 93.3 Å². The molecule has 0 bridgehead atoms. The lowest BCUT2D eigenvalue weighted by molar-refractivity contribution is 0.0991. The molecule has 0 aliphatic rings. The van der Waals surface area contributed by atoms with Crippen LogP contribution in [0.25, 0.3) is 21.8 Å². The summed E-state index contributed by atoms with van der Waals surface area (Å²) in [5, 5.41) is 4.61. The predicted octanol–water partition coefficient (Wildman–Crippen LogP) is 3.57. The number of sulfonamides is 1. The van der Waals surface area contributed by atoms with E-state index in [4.69, 9.17) is 4.42 Å². The van der Waals surface area contributed by atoms with Gasteiger partial charge in [0.2, 0.25) is 5.09 Å². The minimum Gasteiger partial charge on any atom is -0.438 e. The molecule has 7 nitrogen and oxygen atoms in total. The van der Waals surface area contributed by atoms with Crippen molar-refractivity contribution in [2.75, 3.05) is 12.4 Å². The molecule has 1 amide bonds. The average Bonchev–Trinajstić information content (AvgIpc) is 3.31. The summed E-state index contributed by atoms with van der Waals surface area (Å²) in [7, 11) is -2.46. The van der Waals surface area contributed by atoms with Gasteiger partial charge in [0.05, 0.1) is 0 Å². The second kappa shape index (κ2) is 6.81. The number of nitrogens with one attached hydrogen (secondary N) is 2. The van der Waals surface area contributed by atoms with Gasteiger partial charge in [-0.1, -0.05) is 18.2 Å². The van der Waals surface area contributed by atoms with Gasteiger partial charge in [-0.15, -0.1) is 0 Å². The van der Waals surface area contributed by atoms with Crippen molar-refractivity contribution in [3.8, 4) is 0 Å². The molecule has 0 saturated heterocycles. The van der Waals surface area contributed by atoms with E-state index >= 15 is 0 Å². The molecule has 0 unspecified atom stereocenters. The molecule has 2 heterocycles. The number of furan rings is 1. The van der Waals surface area contributed by atoms with E-state index in [1.165, 1.54) is 19.2 Å². The lowest BCUT2D eigenvalue weighted by atomic mass is 10.1. The molecule has 0 spiro atoms. The van der Waals surface area contributed by atoms with Crippen LogP contribution in [-0.4, -0.2) is 25.9 Å². The number of carbonyl (C=O) groups is 1. The SMILES string of the molecule is CCn1c2ccccc2c2cc(NC(=O)c3ccc(S(=O)(=O)NC)o3)ccc21. The van der Waals surface area contributed by atoms with Gasteiger partial charge >= 0.3 is 0 Å². The van der Waals surface area contributed by atoms with Gasteiger partial charge in [0.25, 0.3) is 15.9 Å². The average molecular weight is 397 g/mol. The Morgan fingerprint density at radius 2 is 1.79 bits per heavy atom. The van der Waals surface area contributed by atoms with Crippen molar-refractivity contribution >= 4 is 43.4 Å². The molecule has 0 fully saturated rings. The minimum atomic E-state index is -3.74. The van der Waals surface area contributed by atoms with Crippen LogP contribution in [-0.2, 0) is 16.6 Å². The third-order valence-electron chi connectivity index (χ3n) is 4.69. The first-order chi connectivity index (χ1) is 13.4. The third-order valence-corrected chi connectivity index (χ3v) is 5.97. The number of hydrogen-bond donors (Lipinski definition) is 2. The van der Waals surface area contributed by atoms with Crippen LogP contribution in [0.2, 0.25) is 0 Å². The van der Waals surface area contributed by atoms with Crippen molar-refractivity contribution in [1.29, 1.82) is 0 Å². The molecule has 2 aromatic carbocycles. The maximum Gasteiger partial charge on any atom is 0.291 e. The second-order valence-corrected chi connectivity index (χ2v) is 8.09. The summed E-state index contributed by atoms with van der Waals surface area (Å²) in [5.74, 6) is -0.596. The van der Waals surface area contributed by atoms with Gasteiger partial charge in [0.1, 0.15) is 0 Å². The van der Waals surface area contributed by atoms with Gasteiger partial charge in [-0.2, -0.15) is 0 Å². The van der Waals surface area contributed by atoms with E-state index in [0.29, 0.717) is 5.69 Å². The smallest absolute Gasteiger partial charge is 0.291 e. The number of anilines is 1. The van der Waals surface area contributed by atoms with E-state index in [2.05, 4.69) is 33.7 Å². The van der Waals surface area contributed by atoms with Crippen LogP contribution in [0.4, 0.5) is 5.69 Å². The van der Waals surface area contributed by atoms with Crippen molar-refractivity contribution in [3.63, 3.8) is 0 Å². The van der Waals surface area contributed by atoms with Crippen molar-refractivity contribution in [2.45, 2.75) is 18.6 Å². The number of para-hydroxylation sites is 1. The van der Waals surface area contributed by atoms with Crippen LogP contribution >= 0.6 is 0 Å². The van der Waals surface area contributed by atoms with E-state index in [1.807, 2.05) is 30.3 Å². The molecule has 0 radical (unpaired) electrons. The first-order valence-electron chi connectivity index (χ1n) is 8.80. The van der Waals surface area contributed by atoms with Crippen molar-refractivity contribution in [3.05, 3.63) is 60.4 Å². The Kier molecular flexibility index (Phi) is 4.44. The van der Waals surface area contributed by atoms with E-state index in [1.54, 1.807) is 0 Å². The summed E-state index contributed by atoms with van der Waals surface area (Å²) in [4.78, 5) is 12.5. The van der Waals surface area contributed by atoms with Crippen molar-refractivity contribution in [2.24, 2.45) is 0 Å². The number of fused-ring (bicyclic) bond motifs is 3. The minimum absolute atomic E-state index is 0.0788. The maximum absolute atomic E-state index is 12.5. The van der Waals surface area contributed by atoms with Gasteiger partial charge in [0, 0.05) is 34.0 Å². The van der Waals surface area contributed by atoms with E-state index < -0.39 is 15.9 Å². The summed E-state index contributed by atoms with van der Waals surface area (Å²) in [6.45, 7) is 2.93. The van der Waals surface area contributed by atoms with Crippen LogP contribution in [0, 0.1) is 0 Å². The van der Waals surface area contributed by atoms with E-state index in [-0.39, 0.29) is 10.9 Å². The Balaban J connectivity index is 1.69. The second-order valence-electron chi connectivity index (χ2n) is 6.27. The summed E-state index contributed by atoms with van der Waals surface area (Å²) in [6, 6.07) is 16.4. The summed E-state index contributed by atoms with van der Waals surface area (Å²) in [6.07, 6.45) is 0. The molecule has 8 heteroatoms. The number of rotatable bonds is 5. The van der Waals surface area contributed by atoms with Gasteiger partial charge in [0.15, 0.2) is 5.76 Å². The normalized spacial score (nSPS) is 11.9. The largest absolute Gasteiger partial charge is 0.438 e. The number of aryl methyl sites for hydroxylation is 1. The molecule has 0 aliphatic carbocycles. The fourth-order valence-electron chi connectivity index (χ4n) is 3.35. The molecule has 0 aliphatic heterocycles. The fraction of sp³-hybridized carbons (Fsp3) is 0.150. The molecular formula is C20H19N3O4S. The molecular weight excluding hydrogens is 378 g/mol. The Morgan fingerprint density at radius 3 is 2.54 bits per heavy atom. The zero-order valence-corrected chi connectivity index (χ0v) is 16.2. The quantitative estimate of drug-likeness (QED) is 0.538. The molecule has 4 rings (SSSR count). The molecule has 2 aromatic heterocycles. The monoisotopic (exact) mass is 397 g/mol. The number of hydrogen-bond acceptors (Lipinski definition) is 4. The molecule has 4 aromatic rings. The van der Waals surface area contributed by atoms with Crippen LogP contribution in [0.15, 0.2) is 64.1 Å². The zero-order valence-electron chi connectivity index (χ0n) is 15.4. The highest BCUT2D eigenvalue weighted by Crippen LogP contribution is 2.31. The lowest BCUT2D eigenvalue weighted by Gasteiger charge is -2.05. The van der Waals surface area contributed by atoms with Gasteiger partial charge < -0.3 is 14.3 Å². The van der Waals surface area contributed by atoms with E-state index in [9.17, 15) is 13.2 Å². The Bertz CT molecular complexity index is 1300. The van der Waals surface area contributed by atoms with Crippen LogP contribution in [0.3, 0.4) is 0 Å². The summed E-state index contributed by atoms with van der Waals surface area (Å²) >= 11 is 0. The van der Waals surface area contributed by atoms with Crippen molar-refractivity contribution < 1.29 is 17.6 Å². The summed E-state index contributed by atoms with van der Waals surface area (Å²) < 4.78 is 33.1. The Hall–Kier alpha value is -3.10. The number of benzene rings is 2.